The molecule has 0 bridgehead atoms. The highest BCUT2D eigenvalue weighted by atomic mass is 35.5. The molecule has 0 radical (unpaired) electrons. The zero-order valence-corrected chi connectivity index (χ0v) is 9.92. The van der Waals surface area contributed by atoms with Crippen molar-refractivity contribution in [2.45, 2.75) is 26.4 Å². The fourth-order valence-corrected chi connectivity index (χ4v) is 1.47. The molecule has 1 unspecified atom stereocenters. The third kappa shape index (κ3) is 3.73. The molecular weight excluding hydrogens is 212 g/mol. The number of ether oxygens (including phenoxy) is 1. The number of aliphatic hydroxyl groups excluding tert-OH is 1. The Bertz CT molecular complexity index is 310. The maximum absolute atomic E-state index is 9.58. The number of aryl methyl sites for hydroxylation is 1. The molecule has 2 nitrogen and oxygen atoms in total. The predicted octanol–water partition coefficient (Wildman–Crippen LogP) is 3.06. The van der Waals surface area contributed by atoms with E-state index in [-0.39, 0.29) is 0 Å². The maximum Gasteiger partial charge on any atom is 0.125 e. The van der Waals surface area contributed by atoms with Crippen molar-refractivity contribution in [1.82, 2.24) is 0 Å². The summed E-state index contributed by atoms with van der Waals surface area (Å²) in [7, 11) is 0. The van der Waals surface area contributed by atoms with Crippen molar-refractivity contribution in [2.24, 2.45) is 0 Å². The van der Waals surface area contributed by atoms with E-state index >= 15 is 0 Å². The molecule has 0 aliphatic heterocycles. The summed E-state index contributed by atoms with van der Waals surface area (Å²) in [4.78, 5) is 0. The Morgan fingerprint density at radius 2 is 2.20 bits per heavy atom. The molecule has 0 fully saturated rings. The first-order valence-corrected chi connectivity index (χ1v) is 5.66. The van der Waals surface area contributed by atoms with E-state index in [0.29, 0.717) is 12.5 Å². The first kappa shape index (κ1) is 12.3. The zero-order valence-electron chi connectivity index (χ0n) is 9.16. The Balaban J connectivity index is 2.77. The first-order chi connectivity index (χ1) is 7.15. The van der Waals surface area contributed by atoms with Crippen LogP contribution in [0, 0.1) is 6.92 Å². The Morgan fingerprint density at radius 1 is 1.47 bits per heavy atom. The maximum atomic E-state index is 9.58. The lowest BCUT2D eigenvalue weighted by molar-refractivity contribution is 0.191. The number of alkyl halides is 1. The summed E-state index contributed by atoms with van der Waals surface area (Å²) in [5, 5.41) is 9.58. The molecule has 15 heavy (non-hydrogen) atoms. The lowest BCUT2D eigenvalue weighted by Crippen LogP contribution is -2.03. The van der Waals surface area contributed by atoms with Crippen molar-refractivity contribution >= 4 is 11.6 Å². The summed E-state index contributed by atoms with van der Waals surface area (Å²) in [5.41, 5.74) is 1.96. The van der Waals surface area contributed by atoms with Gasteiger partial charge in [0.1, 0.15) is 5.75 Å². The van der Waals surface area contributed by atoms with Gasteiger partial charge in [0, 0.05) is 11.4 Å². The number of aliphatic hydroxyl groups is 1. The molecule has 0 amide bonds. The van der Waals surface area contributed by atoms with Crippen molar-refractivity contribution < 1.29 is 9.84 Å². The van der Waals surface area contributed by atoms with Gasteiger partial charge in [-0.05, 0) is 32.4 Å². The van der Waals surface area contributed by atoms with E-state index in [1.54, 1.807) is 6.92 Å². The van der Waals surface area contributed by atoms with Gasteiger partial charge in [0.25, 0.3) is 0 Å². The predicted molar refractivity (Wildman–Crippen MR) is 62.6 cm³/mol. The molecule has 0 spiro atoms. The number of halogens is 1. The zero-order chi connectivity index (χ0) is 11.3. The lowest BCUT2D eigenvalue weighted by atomic mass is 10.1. The monoisotopic (exact) mass is 228 g/mol. The van der Waals surface area contributed by atoms with E-state index in [0.717, 1.165) is 23.3 Å². The minimum atomic E-state index is -0.504. The van der Waals surface area contributed by atoms with Gasteiger partial charge in [-0.25, -0.2) is 0 Å². The van der Waals surface area contributed by atoms with Crippen molar-refractivity contribution in [3.63, 3.8) is 0 Å². The quantitative estimate of drug-likeness (QED) is 0.620. The molecule has 0 heterocycles. The van der Waals surface area contributed by atoms with Crippen molar-refractivity contribution in [3.05, 3.63) is 29.3 Å². The molecular formula is C12H17ClO2. The third-order valence-electron chi connectivity index (χ3n) is 2.15. The highest BCUT2D eigenvalue weighted by Gasteiger charge is 2.08. The summed E-state index contributed by atoms with van der Waals surface area (Å²) in [6.45, 7) is 4.32. The molecule has 1 N–H and O–H groups in total. The van der Waals surface area contributed by atoms with E-state index in [9.17, 15) is 5.11 Å². The van der Waals surface area contributed by atoms with Gasteiger partial charge >= 0.3 is 0 Å². The summed E-state index contributed by atoms with van der Waals surface area (Å²) >= 11 is 5.57. The minimum Gasteiger partial charge on any atom is -0.493 e. The smallest absolute Gasteiger partial charge is 0.125 e. The lowest BCUT2D eigenvalue weighted by Gasteiger charge is -2.13. The van der Waals surface area contributed by atoms with Crippen LogP contribution in [0.15, 0.2) is 18.2 Å². The molecule has 0 saturated carbocycles. The average Bonchev–Trinajstić information content (AvgIpc) is 2.20. The second-order valence-electron chi connectivity index (χ2n) is 3.61. The van der Waals surface area contributed by atoms with Gasteiger partial charge in [0.05, 0.1) is 12.7 Å². The molecule has 1 aromatic rings. The third-order valence-corrected chi connectivity index (χ3v) is 2.42. The second kappa shape index (κ2) is 5.99. The van der Waals surface area contributed by atoms with E-state index in [2.05, 4.69) is 0 Å². The molecule has 0 saturated heterocycles. The number of benzene rings is 1. The van der Waals surface area contributed by atoms with Gasteiger partial charge in [-0.1, -0.05) is 11.6 Å². The van der Waals surface area contributed by atoms with Crippen LogP contribution in [0.3, 0.4) is 0 Å². The normalized spacial score (nSPS) is 12.5. The molecule has 84 valence electrons. The van der Waals surface area contributed by atoms with Crippen molar-refractivity contribution in [3.8, 4) is 5.75 Å². The fourth-order valence-electron chi connectivity index (χ4n) is 1.36. The largest absolute Gasteiger partial charge is 0.493 e. The van der Waals surface area contributed by atoms with Crippen LogP contribution in [-0.4, -0.2) is 17.6 Å². The van der Waals surface area contributed by atoms with Crippen LogP contribution in [0.25, 0.3) is 0 Å². The molecule has 1 atom stereocenters. The highest BCUT2D eigenvalue weighted by Crippen LogP contribution is 2.26. The standard InChI is InChI=1S/C12H17ClO2/c1-9-4-5-12(15-7-3-6-13)11(8-9)10(2)14/h4-5,8,10,14H,3,6-7H2,1-2H3. The Morgan fingerprint density at radius 3 is 2.80 bits per heavy atom. The second-order valence-corrected chi connectivity index (χ2v) is 3.99. The summed E-state index contributed by atoms with van der Waals surface area (Å²) in [6, 6.07) is 5.81. The topological polar surface area (TPSA) is 29.5 Å². The first-order valence-electron chi connectivity index (χ1n) is 5.12. The Hall–Kier alpha value is -0.730. The average molecular weight is 229 g/mol. The van der Waals surface area contributed by atoms with Crippen LogP contribution >= 0.6 is 11.6 Å². The number of rotatable bonds is 5. The van der Waals surface area contributed by atoms with E-state index in [1.165, 1.54) is 0 Å². The van der Waals surface area contributed by atoms with Gasteiger partial charge in [-0.15, -0.1) is 11.6 Å². The molecule has 1 rings (SSSR count). The van der Waals surface area contributed by atoms with Gasteiger partial charge in [0.15, 0.2) is 0 Å². The van der Waals surface area contributed by atoms with Crippen LogP contribution in [0.4, 0.5) is 0 Å². The Kier molecular flexibility index (Phi) is 4.92. The summed E-state index contributed by atoms with van der Waals surface area (Å²) in [6.07, 6.45) is 0.310. The molecule has 3 heteroatoms. The SMILES string of the molecule is Cc1ccc(OCCCCl)c(C(C)O)c1. The van der Waals surface area contributed by atoms with E-state index in [1.807, 2.05) is 25.1 Å². The summed E-state index contributed by atoms with van der Waals surface area (Å²) in [5.74, 6) is 1.34. The van der Waals surface area contributed by atoms with Gasteiger partial charge in [-0.2, -0.15) is 0 Å². The highest BCUT2D eigenvalue weighted by molar-refractivity contribution is 6.17. The van der Waals surface area contributed by atoms with Crippen LogP contribution in [0.2, 0.25) is 0 Å². The van der Waals surface area contributed by atoms with Crippen LogP contribution < -0.4 is 4.74 Å². The van der Waals surface area contributed by atoms with E-state index < -0.39 is 6.10 Å². The Labute approximate surface area is 95.8 Å². The molecule has 1 aromatic carbocycles. The van der Waals surface area contributed by atoms with Gasteiger partial charge in [0.2, 0.25) is 0 Å². The van der Waals surface area contributed by atoms with Crippen LogP contribution in [0.5, 0.6) is 5.75 Å². The van der Waals surface area contributed by atoms with Crippen LogP contribution in [-0.2, 0) is 0 Å². The number of hydrogen-bond donors (Lipinski definition) is 1. The van der Waals surface area contributed by atoms with Crippen LogP contribution in [0.1, 0.15) is 30.6 Å². The van der Waals surface area contributed by atoms with Gasteiger partial charge < -0.3 is 9.84 Å². The minimum absolute atomic E-state index is 0.504. The molecule has 0 aliphatic rings. The van der Waals surface area contributed by atoms with Crippen molar-refractivity contribution in [2.75, 3.05) is 12.5 Å². The van der Waals surface area contributed by atoms with E-state index in [4.69, 9.17) is 16.3 Å². The number of hydrogen-bond acceptors (Lipinski definition) is 2. The fraction of sp³-hybridized carbons (Fsp3) is 0.500. The summed E-state index contributed by atoms with van der Waals surface area (Å²) < 4.78 is 5.55. The van der Waals surface area contributed by atoms with Gasteiger partial charge in [-0.3, -0.25) is 0 Å². The molecule has 0 aliphatic carbocycles. The molecule has 0 aromatic heterocycles. The van der Waals surface area contributed by atoms with Crippen molar-refractivity contribution in [1.29, 1.82) is 0 Å².